The molecule has 1 aliphatic carbocycles. The lowest BCUT2D eigenvalue weighted by Gasteiger charge is -2.41. The van der Waals surface area contributed by atoms with Gasteiger partial charge in [-0.05, 0) is 49.8 Å². The minimum atomic E-state index is -0.893. The summed E-state index contributed by atoms with van der Waals surface area (Å²) < 4.78 is 33.0. The van der Waals surface area contributed by atoms with Crippen LogP contribution in [0.1, 0.15) is 46.5 Å². The molecule has 1 aliphatic rings. The average molecular weight is 297 g/mol. The van der Waals surface area contributed by atoms with Crippen LogP contribution in [-0.2, 0) is 0 Å². The highest BCUT2D eigenvalue weighted by molar-refractivity contribution is 5.25. The van der Waals surface area contributed by atoms with Gasteiger partial charge in [0.2, 0.25) is 5.82 Å². The number of rotatable bonds is 5. The summed E-state index contributed by atoms with van der Waals surface area (Å²) in [5.74, 6) is -1.74. The van der Waals surface area contributed by atoms with Crippen LogP contribution in [0, 0.1) is 17.0 Å². The van der Waals surface area contributed by atoms with Crippen molar-refractivity contribution in [1.29, 1.82) is 0 Å². The molecular formula is C17H25F2NO. The molecule has 0 aliphatic heterocycles. The van der Waals surface area contributed by atoms with Crippen molar-refractivity contribution in [3.05, 3.63) is 29.8 Å². The van der Waals surface area contributed by atoms with Crippen molar-refractivity contribution in [1.82, 2.24) is 5.32 Å². The lowest BCUT2D eigenvalue weighted by Crippen LogP contribution is -2.49. The quantitative estimate of drug-likeness (QED) is 0.875. The lowest BCUT2D eigenvalue weighted by molar-refractivity contribution is 0.0499. The highest BCUT2D eigenvalue weighted by Crippen LogP contribution is 2.37. The molecule has 0 spiro atoms. The summed E-state index contributed by atoms with van der Waals surface area (Å²) in [6.45, 7) is 7.42. The Bertz CT molecular complexity index is 476. The molecule has 4 heteroatoms. The molecule has 0 bridgehead atoms. The minimum Gasteiger partial charge on any atom is -0.486 e. The van der Waals surface area contributed by atoms with Gasteiger partial charge < -0.3 is 10.1 Å². The molecule has 0 heterocycles. The zero-order chi connectivity index (χ0) is 15.5. The molecule has 1 aromatic carbocycles. The molecule has 0 amide bonds. The van der Waals surface area contributed by atoms with Crippen molar-refractivity contribution in [3.63, 3.8) is 0 Å². The molecular weight excluding hydrogens is 272 g/mol. The first-order valence-electron chi connectivity index (χ1n) is 7.77. The Morgan fingerprint density at radius 2 is 2.10 bits per heavy atom. The van der Waals surface area contributed by atoms with Gasteiger partial charge in [0.05, 0.1) is 0 Å². The van der Waals surface area contributed by atoms with Gasteiger partial charge in [-0.25, -0.2) is 4.39 Å². The summed E-state index contributed by atoms with van der Waals surface area (Å²) in [5, 5.41) is 3.47. The third-order valence-electron chi connectivity index (χ3n) is 4.19. The zero-order valence-corrected chi connectivity index (χ0v) is 13.1. The summed E-state index contributed by atoms with van der Waals surface area (Å²) in [6, 6.07) is 4.29. The Morgan fingerprint density at radius 1 is 1.33 bits per heavy atom. The Balaban J connectivity index is 2.13. The van der Waals surface area contributed by atoms with E-state index >= 15 is 0 Å². The van der Waals surface area contributed by atoms with E-state index in [-0.39, 0.29) is 23.3 Å². The molecule has 0 radical (unpaired) electrons. The smallest absolute Gasteiger partial charge is 0.200 e. The molecule has 2 atom stereocenters. The Morgan fingerprint density at radius 3 is 2.81 bits per heavy atom. The summed E-state index contributed by atoms with van der Waals surface area (Å²) in [5.41, 5.74) is 0.166. The van der Waals surface area contributed by atoms with E-state index in [9.17, 15) is 8.78 Å². The van der Waals surface area contributed by atoms with E-state index < -0.39 is 11.6 Å². The van der Waals surface area contributed by atoms with Crippen molar-refractivity contribution in [2.75, 3.05) is 6.54 Å². The van der Waals surface area contributed by atoms with Crippen LogP contribution in [0.15, 0.2) is 18.2 Å². The maximum atomic E-state index is 13.8. The molecule has 0 aromatic heterocycles. The first kappa shape index (κ1) is 16.2. The number of hydrogen-bond acceptors (Lipinski definition) is 2. The van der Waals surface area contributed by atoms with Crippen molar-refractivity contribution in [2.45, 2.75) is 58.6 Å². The van der Waals surface area contributed by atoms with Gasteiger partial charge in [-0.3, -0.25) is 0 Å². The normalized spacial score (nSPS) is 24.8. The second-order valence-corrected chi connectivity index (χ2v) is 6.68. The molecule has 0 saturated heterocycles. The molecule has 2 rings (SSSR count). The second kappa shape index (κ2) is 6.73. The Labute approximate surface area is 125 Å². The third-order valence-corrected chi connectivity index (χ3v) is 4.19. The summed E-state index contributed by atoms with van der Waals surface area (Å²) in [6.07, 6.45) is 3.86. The first-order valence-corrected chi connectivity index (χ1v) is 7.77. The van der Waals surface area contributed by atoms with E-state index in [1.165, 1.54) is 12.1 Å². The number of ether oxygens (including phenoxy) is 1. The fraction of sp³-hybridized carbons (Fsp3) is 0.647. The van der Waals surface area contributed by atoms with E-state index in [0.717, 1.165) is 38.3 Å². The SMILES string of the molecule is CCCNC1CCC(C)(C)CC1Oc1cccc(F)c1F. The highest BCUT2D eigenvalue weighted by atomic mass is 19.2. The van der Waals surface area contributed by atoms with E-state index in [1.807, 2.05) is 0 Å². The van der Waals surface area contributed by atoms with Crippen molar-refractivity contribution in [3.8, 4) is 5.75 Å². The van der Waals surface area contributed by atoms with Crippen LogP contribution in [0.25, 0.3) is 0 Å². The predicted molar refractivity (Wildman–Crippen MR) is 80.5 cm³/mol. The fourth-order valence-electron chi connectivity index (χ4n) is 2.95. The van der Waals surface area contributed by atoms with Crippen LogP contribution < -0.4 is 10.1 Å². The summed E-state index contributed by atoms with van der Waals surface area (Å²) >= 11 is 0. The van der Waals surface area contributed by atoms with Crippen LogP contribution in [0.5, 0.6) is 5.75 Å². The van der Waals surface area contributed by atoms with Crippen LogP contribution >= 0.6 is 0 Å². The first-order chi connectivity index (χ1) is 9.93. The molecule has 1 aromatic rings. The standard InChI is InChI=1S/C17H25F2NO/c1-4-10-20-13-8-9-17(2,3)11-15(13)21-14-7-5-6-12(18)16(14)19/h5-7,13,15,20H,4,8-11H2,1-3H3. The number of halogens is 2. The lowest BCUT2D eigenvalue weighted by atomic mass is 9.74. The van der Waals surface area contributed by atoms with Gasteiger partial charge >= 0.3 is 0 Å². The van der Waals surface area contributed by atoms with Crippen molar-refractivity contribution < 1.29 is 13.5 Å². The van der Waals surface area contributed by atoms with Crippen molar-refractivity contribution >= 4 is 0 Å². The van der Waals surface area contributed by atoms with E-state index in [1.54, 1.807) is 0 Å². The Hall–Kier alpha value is -1.16. The van der Waals surface area contributed by atoms with Gasteiger partial charge in [-0.15, -0.1) is 0 Å². The summed E-state index contributed by atoms with van der Waals surface area (Å²) in [7, 11) is 0. The largest absolute Gasteiger partial charge is 0.486 e. The second-order valence-electron chi connectivity index (χ2n) is 6.68. The molecule has 1 fully saturated rings. The van der Waals surface area contributed by atoms with Crippen LogP contribution in [0.3, 0.4) is 0 Å². The predicted octanol–water partition coefficient (Wildman–Crippen LogP) is 4.29. The molecule has 118 valence electrons. The van der Waals surface area contributed by atoms with E-state index in [2.05, 4.69) is 26.1 Å². The number of nitrogens with one attached hydrogen (secondary N) is 1. The molecule has 2 nitrogen and oxygen atoms in total. The van der Waals surface area contributed by atoms with Gasteiger partial charge in [0.1, 0.15) is 6.10 Å². The maximum absolute atomic E-state index is 13.8. The average Bonchev–Trinajstić information content (AvgIpc) is 2.42. The number of benzene rings is 1. The van der Waals surface area contributed by atoms with Gasteiger partial charge in [0.25, 0.3) is 0 Å². The van der Waals surface area contributed by atoms with Gasteiger partial charge in [0, 0.05) is 6.04 Å². The van der Waals surface area contributed by atoms with Gasteiger partial charge in [-0.2, -0.15) is 4.39 Å². The fourth-order valence-corrected chi connectivity index (χ4v) is 2.95. The third kappa shape index (κ3) is 4.16. The molecule has 1 N–H and O–H groups in total. The number of hydrogen-bond donors (Lipinski definition) is 1. The van der Waals surface area contributed by atoms with E-state index in [4.69, 9.17) is 4.74 Å². The van der Waals surface area contributed by atoms with Crippen LogP contribution in [0.2, 0.25) is 0 Å². The van der Waals surface area contributed by atoms with Gasteiger partial charge in [0.15, 0.2) is 11.6 Å². The molecule has 2 unspecified atom stereocenters. The van der Waals surface area contributed by atoms with Crippen LogP contribution in [-0.4, -0.2) is 18.7 Å². The monoisotopic (exact) mass is 297 g/mol. The van der Waals surface area contributed by atoms with Crippen LogP contribution in [0.4, 0.5) is 8.78 Å². The highest BCUT2D eigenvalue weighted by Gasteiger charge is 2.36. The van der Waals surface area contributed by atoms with Crippen molar-refractivity contribution in [2.24, 2.45) is 5.41 Å². The Kier molecular flexibility index (Phi) is 5.20. The summed E-state index contributed by atoms with van der Waals surface area (Å²) in [4.78, 5) is 0. The van der Waals surface area contributed by atoms with Gasteiger partial charge in [-0.1, -0.05) is 26.8 Å². The van der Waals surface area contributed by atoms with E-state index in [0.29, 0.717) is 0 Å². The zero-order valence-electron chi connectivity index (χ0n) is 13.1. The topological polar surface area (TPSA) is 21.3 Å². The molecule has 1 saturated carbocycles. The molecule has 21 heavy (non-hydrogen) atoms. The maximum Gasteiger partial charge on any atom is 0.200 e. The minimum absolute atomic E-state index is 0.0148.